The molecule has 1 aromatic rings. The highest BCUT2D eigenvalue weighted by atomic mass is 16.5. The van der Waals surface area contributed by atoms with E-state index in [4.69, 9.17) is 9.84 Å². The Morgan fingerprint density at radius 1 is 1.39 bits per heavy atom. The van der Waals surface area contributed by atoms with Crippen LogP contribution in [0, 0.1) is 0 Å². The zero-order valence-electron chi connectivity index (χ0n) is 11.4. The molecule has 0 unspecified atom stereocenters. The number of carboxylic acid groups (broad SMARTS) is 1. The average Bonchev–Trinajstić information content (AvgIpc) is 2.26. The van der Waals surface area contributed by atoms with Gasteiger partial charge in [0.15, 0.2) is 0 Å². The van der Waals surface area contributed by atoms with Crippen molar-refractivity contribution in [3.05, 3.63) is 35.9 Å². The molecule has 0 aliphatic carbocycles. The van der Waals surface area contributed by atoms with Gasteiger partial charge in [-0.25, -0.2) is 0 Å². The molecule has 18 heavy (non-hydrogen) atoms. The standard InChI is InChI=1S/C15H20O3/c1-10(8-14(16)17)12-9-11(15(2,3)4)6-7-13(12)18-5/h6-7,9H,1,8H2,2-5H3,(H,16,17). The Kier molecular flexibility index (Phi) is 4.17. The molecule has 0 saturated heterocycles. The van der Waals surface area contributed by atoms with Gasteiger partial charge in [0.05, 0.1) is 13.5 Å². The predicted molar refractivity (Wildman–Crippen MR) is 73.0 cm³/mol. The first-order valence-corrected chi connectivity index (χ1v) is 5.84. The maximum absolute atomic E-state index is 10.8. The minimum atomic E-state index is -0.886. The van der Waals surface area contributed by atoms with Crippen LogP contribution in [0.2, 0.25) is 0 Å². The Morgan fingerprint density at radius 3 is 2.44 bits per heavy atom. The van der Waals surface area contributed by atoms with E-state index in [2.05, 4.69) is 27.4 Å². The molecule has 0 aromatic heterocycles. The molecule has 0 radical (unpaired) electrons. The third-order valence-electron chi connectivity index (χ3n) is 2.81. The summed E-state index contributed by atoms with van der Waals surface area (Å²) in [5.74, 6) is -0.225. The average molecular weight is 248 g/mol. The van der Waals surface area contributed by atoms with Crippen LogP contribution < -0.4 is 4.74 Å². The van der Waals surface area contributed by atoms with Crippen LogP contribution in [-0.4, -0.2) is 18.2 Å². The van der Waals surface area contributed by atoms with Gasteiger partial charge in [-0.15, -0.1) is 0 Å². The number of carbonyl (C=O) groups is 1. The Morgan fingerprint density at radius 2 is 2.00 bits per heavy atom. The van der Waals surface area contributed by atoms with Crippen molar-refractivity contribution in [3.8, 4) is 5.75 Å². The number of carboxylic acids is 1. The summed E-state index contributed by atoms with van der Waals surface area (Å²) in [6.45, 7) is 10.2. The minimum absolute atomic E-state index is 0.00449. The van der Waals surface area contributed by atoms with Crippen LogP contribution in [-0.2, 0) is 10.2 Å². The molecule has 0 spiro atoms. The number of benzene rings is 1. The molecular weight excluding hydrogens is 228 g/mol. The second-order valence-corrected chi connectivity index (χ2v) is 5.34. The van der Waals surface area contributed by atoms with Gasteiger partial charge in [0, 0.05) is 5.56 Å². The first-order chi connectivity index (χ1) is 8.25. The van der Waals surface area contributed by atoms with Gasteiger partial charge >= 0.3 is 5.97 Å². The van der Waals surface area contributed by atoms with Crippen LogP contribution in [0.3, 0.4) is 0 Å². The molecule has 0 heterocycles. The third-order valence-corrected chi connectivity index (χ3v) is 2.81. The van der Waals surface area contributed by atoms with Gasteiger partial charge < -0.3 is 9.84 Å². The zero-order chi connectivity index (χ0) is 13.9. The first-order valence-electron chi connectivity index (χ1n) is 5.84. The molecule has 3 nitrogen and oxygen atoms in total. The van der Waals surface area contributed by atoms with Crippen LogP contribution >= 0.6 is 0 Å². The largest absolute Gasteiger partial charge is 0.496 e. The molecule has 0 amide bonds. The summed E-state index contributed by atoms with van der Waals surface area (Å²) in [6, 6.07) is 5.82. The van der Waals surface area contributed by atoms with Gasteiger partial charge in [-0.05, 0) is 28.7 Å². The molecule has 1 rings (SSSR count). The lowest BCUT2D eigenvalue weighted by molar-refractivity contribution is -0.135. The Balaban J connectivity index is 3.22. The van der Waals surface area contributed by atoms with E-state index >= 15 is 0 Å². The maximum Gasteiger partial charge on any atom is 0.307 e. The monoisotopic (exact) mass is 248 g/mol. The lowest BCUT2D eigenvalue weighted by atomic mass is 9.85. The number of hydrogen-bond donors (Lipinski definition) is 1. The van der Waals surface area contributed by atoms with Crippen molar-refractivity contribution < 1.29 is 14.6 Å². The molecule has 0 aliphatic rings. The molecular formula is C15H20O3. The first kappa shape index (κ1) is 14.3. The summed E-state index contributed by atoms with van der Waals surface area (Å²) in [5, 5.41) is 8.84. The van der Waals surface area contributed by atoms with Gasteiger partial charge in [0.2, 0.25) is 0 Å². The van der Waals surface area contributed by atoms with Crippen molar-refractivity contribution in [2.24, 2.45) is 0 Å². The maximum atomic E-state index is 10.8. The van der Waals surface area contributed by atoms with Crippen molar-refractivity contribution in [1.82, 2.24) is 0 Å². The van der Waals surface area contributed by atoms with E-state index in [1.54, 1.807) is 7.11 Å². The molecule has 98 valence electrons. The summed E-state index contributed by atoms with van der Waals surface area (Å²) in [7, 11) is 1.57. The van der Waals surface area contributed by atoms with Crippen molar-refractivity contribution in [1.29, 1.82) is 0 Å². The van der Waals surface area contributed by atoms with Crippen LogP contribution in [0.15, 0.2) is 24.8 Å². The van der Waals surface area contributed by atoms with Crippen LogP contribution in [0.4, 0.5) is 0 Å². The highest BCUT2D eigenvalue weighted by Crippen LogP contribution is 2.32. The normalized spacial score (nSPS) is 11.1. The fraction of sp³-hybridized carbons (Fsp3) is 0.400. The molecule has 3 heteroatoms. The summed E-state index contributed by atoms with van der Waals surface area (Å²) < 4.78 is 5.26. The Labute approximate surface area is 108 Å². The van der Waals surface area contributed by atoms with Gasteiger partial charge in [0.1, 0.15) is 5.75 Å². The lowest BCUT2D eigenvalue weighted by Gasteiger charge is -2.21. The topological polar surface area (TPSA) is 46.5 Å². The Hall–Kier alpha value is -1.77. The SMILES string of the molecule is C=C(CC(=O)O)c1cc(C(C)(C)C)ccc1OC. The van der Waals surface area contributed by atoms with E-state index in [9.17, 15) is 4.79 Å². The highest BCUT2D eigenvalue weighted by Gasteiger charge is 2.17. The van der Waals surface area contributed by atoms with Gasteiger partial charge in [0.25, 0.3) is 0 Å². The summed E-state index contributed by atoms with van der Waals surface area (Å²) in [5.41, 5.74) is 2.47. The van der Waals surface area contributed by atoms with Crippen LogP contribution in [0.1, 0.15) is 38.3 Å². The van der Waals surface area contributed by atoms with Gasteiger partial charge in [-0.3, -0.25) is 4.79 Å². The highest BCUT2D eigenvalue weighted by molar-refractivity contribution is 5.84. The predicted octanol–water partition coefficient (Wildman–Crippen LogP) is 3.48. The van der Waals surface area contributed by atoms with Crippen molar-refractivity contribution in [2.45, 2.75) is 32.6 Å². The summed E-state index contributed by atoms with van der Waals surface area (Å²) in [4.78, 5) is 10.8. The van der Waals surface area contributed by atoms with Crippen LogP contribution in [0.25, 0.3) is 5.57 Å². The van der Waals surface area contributed by atoms with E-state index in [1.807, 2.05) is 18.2 Å². The number of aliphatic carboxylic acids is 1. The quantitative estimate of drug-likeness (QED) is 0.887. The molecule has 0 aliphatic heterocycles. The third kappa shape index (κ3) is 3.36. The second-order valence-electron chi connectivity index (χ2n) is 5.34. The van der Waals surface area contributed by atoms with Crippen molar-refractivity contribution in [3.63, 3.8) is 0 Å². The van der Waals surface area contributed by atoms with E-state index in [0.717, 1.165) is 11.1 Å². The number of ether oxygens (including phenoxy) is 1. The van der Waals surface area contributed by atoms with Gasteiger partial charge in [-0.2, -0.15) is 0 Å². The Bertz CT molecular complexity index is 467. The number of methoxy groups -OCH3 is 1. The number of rotatable bonds is 4. The lowest BCUT2D eigenvalue weighted by Crippen LogP contribution is -2.11. The van der Waals surface area contributed by atoms with E-state index in [-0.39, 0.29) is 11.8 Å². The van der Waals surface area contributed by atoms with Crippen LogP contribution in [0.5, 0.6) is 5.75 Å². The fourth-order valence-electron chi connectivity index (χ4n) is 1.73. The molecule has 1 N–H and O–H groups in total. The molecule has 0 saturated carbocycles. The van der Waals surface area contributed by atoms with E-state index in [1.165, 1.54) is 0 Å². The second kappa shape index (κ2) is 5.25. The summed E-state index contributed by atoms with van der Waals surface area (Å²) >= 11 is 0. The van der Waals surface area contributed by atoms with Crippen molar-refractivity contribution >= 4 is 11.5 Å². The zero-order valence-corrected chi connectivity index (χ0v) is 11.4. The molecule has 1 aromatic carbocycles. The summed E-state index contributed by atoms with van der Waals surface area (Å²) in [6.07, 6.45) is -0.0794. The number of hydrogen-bond acceptors (Lipinski definition) is 2. The van der Waals surface area contributed by atoms with E-state index in [0.29, 0.717) is 11.3 Å². The molecule has 0 atom stereocenters. The minimum Gasteiger partial charge on any atom is -0.496 e. The molecule has 0 bridgehead atoms. The van der Waals surface area contributed by atoms with E-state index < -0.39 is 5.97 Å². The van der Waals surface area contributed by atoms with Gasteiger partial charge in [-0.1, -0.05) is 33.4 Å². The fourth-order valence-corrected chi connectivity index (χ4v) is 1.73. The smallest absolute Gasteiger partial charge is 0.307 e. The molecule has 0 fully saturated rings. The van der Waals surface area contributed by atoms with Crippen molar-refractivity contribution in [2.75, 3.05) is 7.11 Å².